The van der Waals surface area contributed by atoms with Gasteiger partial charge in [-0.15, -0.1) is 0 Å². The van der Waals surface area contributed by atoms with Gasteiger partial charge in [-0.25, -0.2) is 4.98 Å². The van der Waals surface area contributed by atoms with Gasteiger partial charge in [0.1, 0.15) is 11.0 Å². The van der Waals surface area contributed by atoms with Crippen LogP contribution >= 0.6 is 11.6 Å². The molecule has 6 heteroatoms. The Morgan fingerprint density at radius 1 is 1.35 bits per heavy atom. The summed E-state index contributed by atoms with van der Waals surface area (Å²) in [6.07, 6.45) is 4.87. The summed E-state index contributed by atoms with van der Waals surface area (Å²) in [6, 6.07) is 3.46. The molecule has 23 heavy (non-hydrogen) atoms. The molecule has 126 valence electrons. The molecule has 2 atom stereocenters. The average molecular weight is 338 g/mol. The first-order valence-corrected chi connectivity index (χ1v) is 8.78. The van der Waals surface area contributed by atoms with Gasteiger partial charge in [-0.1, -0.05) is 18.0 Å². The van der Waals surface area contributed by atoms with Crippen LogP contribution in [0.2, 0.25) is 5.15 Å². The van der Waals surface area contributed by atoms with Gasteiger partial charge in [-0.3, -0.25) is 4.79 Å². The summed E-state index contributed by atoms with van der Waals surface area (Å²) in [5.74, 6) is 0.904. The van der Waals surface area contributed by atoms with E-state index in [1.54, 1.807) is 18.0 Å². The Bertz CT molecular complexity index is 575. The average Bonchev–Trinajstić information content (AvgIpc) is 3.18. The van der Waals surface area contributed by atoms with Gasteiger partial charge in [0.25, 0.3) is 5.91 Å². The van der Waals surface area contributed by atoms with Gasteiger partial charge in [0.2, 0.25) is 0 Å². The number of amides is 1. The molecule has 2 heterocycles. The number of hydrogen-bond donors (Lipinski definition) is 1. The van der Waals surface area contributed by atoms with E-state index < -0.39 is 0 Å². The Hall–Kier alpha value is -1.33. The number of nitrogens with zero attached hydrogens (tertiary/aromatic N) is 3. The largest absolute Gasteiger partial charge is 0.393 e. The fourth-order valence-electron chi connectivity index (χ4n) is 3.60. The summed E-state index contributed by atoms with van der Waals surface area (Å²) in [5, 5.41) is 10.3. The lowest BCUT2D eigenvalue weighted by Crippen LogP contribution is -2.34. The van der Waals surface area contributed by atoms with Crippen LogP contribution in [0.15, 0.2) is 12.1 Å². The molecule has 1 N–H and O–H groups in total. The Morgan fingerprint density at radius 2 is 2.09 bits per heavy atom. The van der Waals surface area contributed by atoms with Crippen molar-refractivity contribution in [3.05, 3.63) is 22.8 Å². The zero-order valence-corrected chi connectivity index (χ0v) is 14.3. The Morgan fingerprint density at radius 3 is 2.74 bits per heavy atom. The molecule has 0 bridgehead atoms. The van der Waals surface area contributed by atoms with Crippen LogP contribution in [0, 0.1) is 5.92 Å². The third kappa shape index (κ3) is 3.78. The van der Waals surface area contributed by atoms with Gasteiger partial charge in [0, 0.05) is 38.2 Å². The molecule has 2 unspecified atom stereocenters. The number of pyridine rings is 1. The van der Waals surface area contributed by atoms with E-state index in [-0.39, 0.29) is 17.9 Å². The summed E-state index contributed by atoms with van der Waals surface area (Å²) < 4.78 is 0. The number of aromatic nitrogens is 1. The van der Waals surface area contributed by atoms with Crippen molar-refractivity contribution in [2.45, 2.75) is 38.2 Å². The van der Waals surface area contributed by atoms with Crippen molar-refractivity contribution >= 4 is 23.3 Å². The van der Waals surface area contributed by atoms with Crippen LogP contribution in [0.4, 0.5) is 5.82 Å². The third-order valence-electron chi connectivity index (χ3n) is 4.93. The summed E-state index contributed by atoms with van der Waals surface area (Å²) in [5.41, 5.74) is 0.571. The zero-order chi connectivity index (χ0) is 16.4. The monoisotopic (exact) mass is 337 g/mol. The SMILES string of the molecule is CN(CC1CCCC1O)C(=O)c1cc(Cl)nc(N2CCCC2)c1. The predicted molar refractivity (Wildman–Crippen MR) is 91.0 cm³/mol. The second-order valence-corrected chi connectivity index (χ2v) is 7.06. The normalized spacial score (nSPS) is 24.2. The van der Waals surface area contributed by atoms with E-state index in [0.29, 0.717) is 17.3 Å². The number of aliphatic hydroxyl groups excluding tert-OH is 1. The highest BCUT2D eigenvalue weighted by Crippen LogP contribution is 2.27. The van der Waals surface area contributed by atoms with Crippen molar-refractivity contribution < 1.29 is 9.90 Å². The van der Waals surface area contributed by atoms with Gasteiger partial charge in [0.05, 0.1) is 6.10 Å². The van der Waals surface area contributed by atoms with Crippen LogP contribution in [-0.2, 0) is 0 Å². The van der Waals surface area contributed by atoms with Crippen LogP contribution in [0.1, 0.15) is 42.5 Å². The second-order valence-electron chi connectivity index (χ2n) is 6.67. The molecule has 1 aliphatic heterocycles. The lowest BCUT2D eigenvalue weighted by atomic mass is 10.1. The summed E-state index contributed by atoms with van der Waals surface area (Å²) in [4.78, 5) is 20.9. The van der Waals surface area contributed by atoms with Gasteiger partial charge < -0.3 is 14.9 Å². The Balaban J connectivity index is 1.73. The molecular weight excluding hydrogens is 314 g/mol. The van der Waals surface area contributed by atoms with Crippen LogP contribution in [-0.4, -0.2) is 53.7 Å². The van der Waals surface area contributed by atoms with Gasteiger partial charge in [0.15, 0.2) is 0 Å². The highest BCUT2D eigenvalue weighted by atomic mass is 35.5. The van der Waals surface area contributed by atoms with E-state index in [4.69, 9.17) is 11.6 Å². The number of aliphatic hydroxyl groups is 1. The molecule has 1 saturated carbocycles. The molecule has 1 saturated heterocycles. The number of anilines is 1. The number of carbonyl (C=O) groups excluding carboxylic acids is 1. The first kappa shape index (κ1) is 16.5. The second kappa shape index (κ2) is 7.05. The minimum Gasteiger partial charge on any atom is -0.393 e. The predicted octanol–water partition coefficient (Wildman–Crippen LogP) is 2.57. The molecule has 2 fully saturated rings. The number of carbonyl (C=O) groups is 1. The molecule has 0 radical (unpaired) electrons. The smallest absolute Gasteiger partial charge is 0.253 e. The molecule has 0 aromatic carbocycles. The van der Waals surface area contributed by atoms with Gasteiger partial charge >= 0.3 is 0 Å². The summed E-state index contributed by atoms with van der Waals surface area (Å²) in [7, 11) is 1.79. The minimum absolute atomic E-state index is 0.0613. The number of hydrogen-bond acceptors (Lipinski definition) is 4. The van der Waals surface area contributed by atoms with Crippen LogP contribution < -0.4 is 4.90 Å². The van der Waals surface area contributed by atoms with Crippen LogP contribution in [0.5, 0.6) is 0 Å². The summed E-state index contributed by atoms with van der Waals surface area (Å²) >= 11 is 6.12. The van der Waals surface area contributed by atoms with E-state index in [9.17, 15) is 9.90 Å². The van der Waals surface area contributed by atoms with Crippen molar-refractivity contribution in [2.24, 2.45) is 5.92 Å². The first-order valence-electron chi connectivity index (χ1n) is 8.40. The highest BCUT2D eigenvalue weighted by molar-refractivity contribution is 6.29. The van der Waals surface area contributed by atoms with E-state index in [0.717, 1.165) is 51.0 Å². The van der Waals surface area contributed by atoms with Crippen molar-refractivity contribution in [3.63, 3.8) is 0 Å². The van der Waals surface area contributed by atoms with E-state index in [1.807, 2.05) is 6.07 Å². The standard InChI is InChI=1S/C17H24ClN3O2/c1-20(11-12-5-4-6-14(12)22)17(23)13-9-15(18)19-16(10-13)21-7-2-3-8-21/h9-10,12,14,22H,2-8,11H2,1H3. The van der Waals surface area contributed by atoms with Gasteiger partial charge in [-0.2, -0.15) is 0 Å². The van der Waals surface area contributed by atoms with E-state index in [1.165, 1.54) is 0 Å². The Labute approximate surface area is 142 Å². The maximum atomic E-state index is 12.7. The van der Waals surface area contributed by atoms with Crippen molar-refractivity contribution in [1.29, 1.82) is 0 Å². The number of rotatable bonds is 4. The van der Waals surface area contributed by atoms with Gasteiger partial charge in [-0.05, 0) is 37.8 Å². The maximum absolute atomic E-state index is 12.7. The fraction of sp³-hybridized carbons (Fsp3) is 0.647. The molecule has 1 aromatic heterocycles. The fourth-order valence-corrected chi connectivity index (χ4v) is 3.80. The molecule has 0 spiro atoms. The summed E-state index contributed by atoms with van der Waals surface area (Å²) in [6.45, 7) is 2.51. The molecule has 2 aliphatic rings. The molecule has 1 aromatic rings. The van der Waals surface area contributed by atoms with Crippen LogP contribution in [0.3, 0.4) is 0 Å². The molecule has 1 aliphatic carbocycles. The lowest BCUT2D eigenvalue weighted by molar-refractivity contribution is 0.0693. The molecule has 1 amide bonds. The van der Waals surface area contributed by atoms with Crippen LogP contribution in [0.25, 0.3) is 0 Å². The molecular formula is C17H24ClN3O2. The van der Waals surface area contributed by atoms with Crippen molar-refractivity contribution in [2.75, 3.05) is 31.6 Å². The topological polar surface area (TPSA) is 56.7 Å². The first-order chi connectivity index (χ1) is 11.0. The van der Waals surface area contributed by atoms with E-state index in [2.05, 4.69) is 9.88 Å². The Kier molecular flexibility index (Phi) is 5.07. The highest BCUT2D eigenvalue weighted by Gasteiger charge is 2.28. The zero-order valence-electron chi connectivity index (χ0n) is 13.5. The molecule has 5 nitrogen and oxygen atoms in total. The molecule has 3 rings (SSSR count). The quantitative estimate of drug-likeness (QED) is 0.858. The lowest BCUT2D eigenvalue weighted by Gasteiger charge is -2.24. The maximum Gasteiger partial charge on any atom is 0.253 e. The van der Waals surface area contributed by atoms with E-state index >= 15 is 0 Å². The van der Waals surface area contributed by atoms with Crippen molar-refractivity contribution in [3.8, 4) is 0 Å². The third-order valence-corrected chi connectivity index (χ3v) is 5.13. The number of halogens is 1. The minimum atomic E-state index is -0.286. The van der Waals surface area contributed by atoms with Crippen molar-refractivity contribution in [1.82, 2.24) is 9.88 Å².